The quantitative estimate of drug-likeness (QED) is 0.743. The molecule has 20 heavy (non-hydrogen) atoms. The van der Waals surface area contributed by atoms with Crippen LogP contribution in [0.4, 0.5) is 0 Å². The van der Waals surface area contributed by atoms with Gasteiger partial charge in [0.1, 0.15) is 0 Å². The largest absolute Gasteiger partial charge is 0.352 e. The molecule has 0 aromatic heterocycles. The predicted octanol–water partition coefficient (Wildman–Crippen LogP) is 1.37. The first kappa shape index (κ1) is 18.9. The number of amides is 1. The normalized spacial score (nSPS) is 10.7. The van der Waals surface area contributed by atoms with Gasteiger partial charge in [0.05, 0.1) is 16.2 Å². The van der Waals surface area contributed by atoms with Gasteiger partial charge in [-0.05, 0) is 31.5 Å². The Hall–Kier alpha value is -1.11. The molecule has 5 nitrogen and oxygen atoms in total. The molecule has 1 amide bonds. The van der Waals surface area contributed by atoms with Gasteiger partial charge < -0.3 is 11.1 Å². The number of carbonyl (C=O) groups excluding carboxylic acids is 1. The average Bonchev–Trinajstić information content (AvgIpc) is 2.39. The third-order valence-electron chi connectivity index (χ3n) is 2.61. The second-order valence-corrected chi connectivity index (χ2v) is 6.29. The SMILES string of the molecule is CCCS(=O)(=O)c1ccccc1C(=O)NCCCN.Cl. The molecule has 0 aliphatic heterocycles. The molecule has 0 radical (unpaired) electrons. The summed E-state index contributed by atoms with van der Waals surface area (Å²) in [5.41, 5.74) is 5.55. The number of sulfone groups is 1. The highest BCUT2D eigenvalue weighted by Crippen LogP contribution is 2.17. The van der Waals surface area contributed by atoms with Crippen molar-refractivity contribution in [2.45, 2.75) is 24.7 Å². The number of halogens is 1. The summed E-state index contributed by atoms with van der Waals surface area (Å²) < 4.78 is 24.2. The van der Waals surface area contributed by atoms with E-state index in [0.29, 0.717) is 25.9 Å². The zero-order valence-electron chi connectivity index (χ0n) is 11.5. The average molecular weight is 321 g/mol. The Morgan fingerprint density at radius 1 is 1.30 bits per heavy atom. The van der Waals surface area contributed by atoms with Gasteiger partial charge in [0.25, 0.3) is 5.91 Å². The molecular formula is C13H21ClN2O3S. The van der Waals surface area contributed by atoms with Gasteiger partial charge in [0.2, 0.25) is 0 Å². The summed E-state index contributed by atoms with van der Waals surface area (Å²) >= 11 is 0. The Morgan fingerprint density at radius 2 is 1.95 bits per heavy atom. The Morgan fingerprint density at radius 3 is 2.55 bits per heavy atom. The molecule has 0 aliphatic rings. The first-order valence-corrected chi connectivity index (χ1v) is 7.98. The van der Waals surface area contributed by atoms with Gasteiger partial charge in [-0.3, -0.25) is 4.79 Å². The molecule has 0 heterocycles. The highest BCUT2D eigenvalue weighted by atomic mass is 35.5. The number of carbonyl (C=O) groups is 1. The van der Waals surface area contributed by atoms with E-state index < -0.39 is 9.84 Å². The van der Waals surface area contributed by atoms with E-state index in [1.54, 1.807) is 19.1 Å². The minimum Gasteiger partial charge on any atom is -0.352 e. The molecular weight excluding hydrogens is 300 g/mol. The van der Waals surface area contributed by atoms with Crippen LogP contribution in [0.25, 0.3) is 0 Å². The minimum absolute atomic E-state index is 0. The standard InChI is InChI=1S/C13H20N2O3S.ClH/c1-2-10-19(17,18)12-7-4-3-6-11(12)13(16)15-9-5-8-14;/h3-4,6-7H,2,5,8-10,14H2,1H3,(H,15,16);1H. The van der Waals surface area contributed by atoms with Gasteiger partial charge in [-0.1, -0.05) is 19.1 Å². The lowest BCUT2D eigenvalue weighted by Crippen LogP contribution is -2.27. The molecule has 0 atom stereocenters. The molecule has 0 unspecified atom stereocenters. The summed E-state index contributed by atoms with van der Waals surface area (Å²) in [6, 6.07) is 6.28. The first-order chi connectivity index (χ1) is 9.03. The van der Waals surface area contributed by atoms with Crippen molar-refractivity contribution in [3.05, 3.63) is 29.8 Å². The van der Waals surface area contributed by atoms with E-state index in [1.807, 2.05) is 0 Å². The lowest BCUT2D eigenvalue weighted by Gasteiger charge is -2.10. The van der Waals surface area contributed by atoms with E-state index in [1.165, 1.54) is 12.1 Å². The van der Waals surface area contributed by atoms with Crippen LogP contribution < -0.4 is 11.1 Å². The summed E-state index contributed by atoms with van der Waals surface area (Å²) in [5.74, 6) is -0.330. The van der Waals surface area contributed by atoms with E-state index in [-0.39, 0.29) is 34.5 Å². The molecule has 0 fully saturated rings. The maximum absolute atomic E-state index is 12.1. The molecule has 0 saturated heterocycles. The van der Waals surface area contributed by atoms with Crippen LogP contribution in [-0.4, -0.2) is 33.2 Å². The van der Waals surface area contributed by atoms with Crippen LogP contribution in [0.1, 0.15) is 30.1 Å². The molecule has 0 saturated carbocycles. The molecule has 114 valence electrons. The molecule has 7 heteroatoms. The van der Waals surface area contributed by atoms with Crippen molar-refractivity contribution in [1.29, 1.82) is 0 Å². The van der Waals surface area contributed by atoms with E-state index in [9.17, 15) is 13.2 Å². The van der Waals surface area contributed by atoms with Crippen LogP contribution in [0.15, 0.2) is 29.2 Å². The maximum atomic E-state index is 12.1. The number of nitrogens with one attached hydrogen (secondary N) is 1. The van der Waals surface area contributed by atoms with Gasteiger partial charge in [0, 0.05) is 6.54 Å². The van der Waals surface area contributed by atoms with Crippen molar-refractivity contribution < 1.29 is 13.2 Å². The molecule has 3 N–H and O–H groups in total. The fourth-order valence-electron chi connectivity index (χ4n) is 1.70. The van der Waals surface area contributed by atoms with Crippen LogP contribution >= 0.6 is 12.4 Å². The van der Waals surface area contributed by atoms with Gasteiger partial charge in [-0.25, -0.2) is 8.42 Å². The van der Waals surface area contributed by atoms with Crippen LogP contribution in [-0.2, 0) is 9.84 Å². The van der Waals surface area contributed by atoms with Gasteiger partial charge >= 0.3 is 0 Å². The maximum Gasteiger partial charge on any atom is 0.252 e. The lowest BCUT2D eigenvalue weighted by molar-refractivity contribution is 0.0950. The summed E-state index contributed by atoms with van der Waals surface area (Å²) in [7, 11) is -3.40. The van der Waals surface area contributed by atoms with Crippen LogP contribution in [0, 0.1) is 0 Å². The van der Waals surface area contributed by atoms with Crippen molar-refractivity contribution >= 4 is 28.2 Å². The Balaban J connectivity index is 0.00000361. The summed E-state index contributed by atoms with van der Waals surface area (Å²) in [4.78, 5) is 12.1. The van der Waals surface area contributed by atoms with Crippen molar-refractivity contribution in [1.82, 2.24) is 5.32 Å². The third-order valence-corrected chi connectivity index (χ3v) is 4.58. The molecule has 0 spiro atoms. The fourth-order valence-corrected chi connectivity index (χ4v) is 3.24. The molecule has 1 rings (SSSR count). The van der Waals surface area contributed by atoms with Gasteiger partial charge in [0.15, 0.2) is 9.84 Å². The number of nitrogens with two attached hydrogens (primary N) is 1. The van der Waals surface area contributed by atoms with Crippen molar-refractivity contribution in [3.63, 3.8) is 0 Å². The molecule has 1 aromatic carbocycles. The van der Waals surface area contributed by atoms with E-state index >= 15 is 0 Å². The highest BCUT2D eigenvalue weighted by molar-refractivity contribution is 7.91. The summed E-state index contributed by atoms with van der Waals surface area (Å²) in [6.45, 7) is 2.72. The number of hydrogen-bond donors (Lipinski definition) is 2. The Kier molecular flexibility index (Phi) is 8.45. The first-order valence-electron chi connectivity index (χ1n) is 6.33. The number of rotatable bonds is 7. The Labute approximate surface area is 126 Å². The fraction of sp³-hybridized carbons (Fsp3) is 0.462. The van der Waals surface area contributed by atoms with Crippen molar-refractivity contribution in [3.8, 4) is 0 Å². The summed E-state index contributed by atoms with van der Waals surface area (Å²) in [6.07, 6.45) is 1.18. The van der Waals surface area contributed by atoms with Crippen LogP contribution in [0.3, 0.4) is 0 Å². The number of hydrogen-bond acceptors (Lipinski definition) is 4. The molecule has 0 aliphatic carbocycles. The van der Waals surface area contributed by atoms with Crippen molar-refractivity contribution in [2.24, 2.45) is 5.73 Å². The van der Waals surface area contributed by atoms with E-state index in [4.69, 9.17) is 5.73 Å². The predicted molar refractivity (Wildman–Crippen MR) is 82.0 cm³/mol. The molecule has 0 bridgehead atoms. The van der Waals surface area contributed by atoms with Crippen molar-refractivity contribution in [2.75, 3.05) is 18.8 Å². The third kappa shape index (κ3) is 5.11. The zero-order valence-corrected chi connectivity index (χ0v) is 13.1. The van der Waals surface area contributed by atoms with Gasteiger partial charge in [-0.15, -0.1) is 12.4 Å². The smallest absolute Gasteiger partial charge is 0.252 e. The minimum atomic E-state index is -3.40. The summed E-state index contributed by atoms with van der Waals surface area (Å²) in [5, 5.41) is 2.67. The monoisotopic (exact) mass is 320 g/mol. The van der Waals surface area contributed by atoms with Crippen LogP contribution in [0.2, 0.25) is 0 Å². The number of benzene rings is 1. The highest BCUT2D eigenvalue weighted by Gasteiger charge is 2.20. The zero-order chi connectivity index (χ0) is 14.3. The Bertz CT molecular complexity index is 532. The van der Waals surface area contributed by atoms with Crippen LogP contribution in [0.5, 0.6) is 0 Å². The molecule has 1 aromatic rings. The second kappa shape index (κ2) is 8.94. The second-order valence-electron chi connectivity index (χ2n) is 4.21. The topological polar surface area (TPSA) is 89.3 Å². The van der Waals surface area contributed by atoms with E-state index in [0.717, 1.165) is 0 Å². The lowest BCUT2D eigenvalue weighted by atomic mass is 10.2. The van der Waals surface area contributed by atoms with E-state index in [2.05, 4.69) is 5.32 Å². The van der Waals surface area contributed by atoms with Gasteiger partial charge in [-0.2, -0.15) is 0 Å².